The molecule has 1 amide bonds. The molecule has 2 aromatic heterocycles. The second kappa shape index (κ2) is 5.95. The largest absolute Gasteiger partial charge is 0.482 e. The van der Waals surface area contributed by atoms with Gasteiger partial charge in [-0.2, -0.15) is 9.78 Å². The standard InChI is InChI=1S/C17H12N6O2S/c24-15-8-25-14-2-1-11(7-12(14)19-15)13-9-26-17-21-20-16(23(17)22-13)10-3-5-18-6-4-10/h1-7H,8-9H2,(H,19,24). The van der Waals surface area contributed by atoms with Gasteiger partial charge in [0.25, 0.3) is 5.91 Å². The van der Waals surface area contributed by atoms with Gasteiger partial charge in [-0.1, -0.05) is 11.8 Å². The molecule has 0 bridgehead atoms. The third kappa shape index (κ3) is 2.53. The fourth-order valence-corrected chi connectivity index (χ4v) is 3.65. The van der Waals surface area contributed by atoms with Gasteiger partial charge in [0.05, 0.1) is 11.4 Å². The highest BCUT2D eigenvalue weighted by molar-refractivity contribution is 7.99. The highest BCUT2D eigenvalue weighted by Crippen LogP contribution is 2.32. The first-order chi connectivity index (χ1) is 12.8. The van der Waals surface area contributed by atoms with Crippen LogP contribution in [0.5, 0.6) is 5.75 Å². The van der Waals surface area contributed by atoms with E-state index in [1.165, 1.54) is 0 Å². The molecule has 0 saturated carbocycles. The first-order valence-electron chi connectivity index (χ1n) is 7.91. The molecule has 1 N–H and O–H groups in total. The molecular formula is C17H12N6O2S. The summed E-state index contributed by atoms with van der Waals surface area (Å²) >= 11 is 1.57. The van der Waals surface area contributed by atoms with E-state index < -0.39 is 0 Å². The average Bonchev–Trinajstić information content (AvgIpc) is 3.11. The minimum Gasteiger partial charge on any atom is -0.482 e. The first kappa shape index (κ1) is 15.1. The quantitative estimate of drug-likeness (QED) is 0.748. The molecule has 0 saturated heterocycles. The minimum atomic E-state index is -0.157. The van der Waals surface area contributed by atoms with Gasteiger partial charge in [0.1, 0.15) is 5.75 Å². The summed E-state index contributed by atoms with van der Waals surface area (Å²) in [7, 11) is 0. The summed E-state index contributed by atoms with van der Waals surface area (Å²) in [6.45, 7) is 0.0442. The second-order valence-electron chi connectivity index (χ2n) is 5.74. The van der Waals surface area contributed by atoms with Gasteiger partial charge >= 0.3 is 0 Å². The van der Waals surface area contributed by atoms with Crippen LogP contribution in [0.1, 0.15) is 5.56 Å². The van der Waals surface area contributed by atoms with Crippen molar-refractivity contribution in [1.82, 2.24) is 19.9 Å². The fraction of sp³-hybridized carbons (Fsp3) is 0.118. The number of ether oxygens (including phenoxy) is 1. The maximum atomic E-state index is 11.5. The summed E-state index contributed by atoms with van der Waals surface area (Å²) in [5.41, 5.74) is 3.35. The number of aromatic nitrogens is 4. The van der Waals surface area contributed by atoms with Gasteiger partial charge in [-0.05, 0) is 30.3 Å². The number of nitrogens with one attached hydrogen (secondary N) is 1. The van der Waals surface area contributed by atoms with Crippen LogP contribution >= 0.6 is 11.8 Å². The van der Waals surface area contributed by atoms with E-state index in [1.54, 1.807) is 28.8 Å². The minimum absolute atomic E-state index is 0.0442. The van der Waals surface area contributed by atoms with Gasteiger partial charge in [-0.25, -0.2) is 0 Å². The van der Waals surface area contributed by atoms with Crippen LogP contribution in [0.2, 0.25) is 0 Å². The fourth-order valence-electron chi connectivity index (χ4n) is 2.81. The van der Waals surface area contributed by atoms with Crippen molar-refractivity contribution < 1.29 is 9.53 Å². The molecule has 0 unspecified atom stereocenters. The summed E-state index contributed by atoms with van der Waals surface area (Å²) in [5.74, 6) is 1.85. The van der Waals surface area contributed by atoms with E-state index >= 15 is 0 Å². The van der Waals surface area contributed by atoms with Crippen molar-refractivity contribution in [2.45, 2.75) is 5.16 Å². The summed E-state index contributed by atoms with van der Waals surface area (Å²) in [6.07, 6.45) is 3.42. The molecule has 9 heteroatoms. The van der Waals surface area contributed by atoms with E-state index in [4.69, 9.17) is 9.84 Å². The predicted octanol–water partition coefficient (Wildman–Crippen LogP) is 2.03. The van der Waals surface area contributed by atoms with Crippen LogP contribution in [0.15, 0.2) is 53.0 Å². The molecule has 0 atom stereocenters. The topological polar surface area (TPSA) is 94.3 Å². The summed E-state index contributed by atoms with van der Waals surface area (Å²) in [4.78, 5) is 15.6. The lowest BCUT2D eigenvalue weighted by molar-refractivity contribution is -0.118. The molecule has 4 heterocycles. The molecule has 0 fully saturated rings. The molecular weight excluding hydrogens is 352 g/mol. The molecule has 8 nitrogen and oxygen atoms in total. The summed E-state index contributed by atoms with van der Waals surface area (Å²) in [6, 6.07) is 9.42. The van der Waals surface area contributed by atoms with Gasteiger partial charge in [0.15, 0.2) is 12.4 Å². The molecule has 0 spiro atoms. The lowest BCUT2D eigenvalue weighted by Gasteiger charge is -2.19. The highest BCUT2D eigenvalue weighted by atomic mass is 32.2. The highest BCUT2D eigenvalue weighted by Gasteiger charge is 2.22. The molecule has 26 heavy (non-hydrogen) atoms. The molecule has 5 rings (SSSR count). The van der Waals surface area contributed by atoms with E-state index in [2.05, 4.69) is 20.5 Å². The van der Waals surface area contributed by atoms with Gasteiger partial charge in [-0.3, -0.25) is 9.78 Å². The van der Waals surface area contributed by atoms with Crippen molar-refractivity contribution in [2.24, 2.45) is 5.10 Å². The zero-order chi connectivity index (χ0) is 17.5. The van der Waals surface area contributed by atoms with Crippen LogP contribution in [-0.2, 0) is 4.79 Å². The van der Waals surface area contributed by atoms with Crippen molar-refractivity contribution in [3.05, 3.63) is 48.3 Å². The van der Waals surface area contributed by atoms with Crippen molar-refractivity contribution >= 4 is 29.1 Å². The van der Waals surface area contributed by atoms with E-state index in [0.717, 1.165) is 22.0 Å². The number of hydrogen-bond acceptors (Lipinski definition) is 7. The molecule has 3 aromatic rings. The third-order valence-electron chi connectivity index (χ3n) is 4.05. The number of amides is 1. The van der Waals surface area contributed by atoms with Crippen molar-refractivity contribution in [2.75, 3.05) is 17.7 Å². The smallest absolute Gasteiger partial charge is 0.262 e. The number of thioether (sulfide) groups is 1. The van der Waals surface area contributed by atoms with Crippen LogP contribution in [0.4, 0.5) is 5.69 Å². The van der Waals surface area contributed by atoms with Gasteiger partial charge in [0.2, 0.25) is 5.16 Å². The number of nitrogens with zero attached hydrogens (tertiary/aromatic N) is 5. The Kier molecular flexibility index (Phi) is 3.45. The number of rotatable bonds is 2. The zero-order valence-corrected chi connectivity index (χ0v) is 14.2. The predicted molar refractivity (Wildman–Crippen MR) is 96.5 cm³/mol. The second-order valence-corrected chi connectivity index (χ2v) is 6.68. The van der Waals surface area contributed by atoms with Crippen LogP contribution in [-0.4, -0.2) is 43.8 Å². The van der Waals surface area contributed by atoms with Gasteiger partial charge < -0.3 is 10.1 Å². The molecule has 0 radical (unpaired) electrons. The Morgan fingerprint density at radius 3 is 2.88 bits per heavy atom. The Morgan fingerprint density at radius 1 is 1.12 bits per heavy atom. The lowest BCUT2D eigenvalue weighted by Crippen LogP contribution is -2.25. The number of benzene rings is 1. The number of carbonyl (C=O) groups is 1. The number of fused-ring (bicyclic) bond motifs is 2. The van der Waals surface area contributed by atoms with E-state index in [1.807, 2.05) is 30.3 Å². The normalized spacial score (nSPS) is 15.4. The number of carbonyl (C=O) groups excluding carboxylic acids is 1. The zero-order valence-electron chi connectivity index (χ0n) is 13.4. The van der Waals surface area contributed by atoms with E-state index in [0.29, 0.717) is 23.0 Å². The molecule has 128 valence electrons. The Morgan fingerprint density at radius 2 is 2.00 bits per heavy atom. The Labute approximate surface area is 152 Å². The average molecular weight is 364 g/mol. The summed E-state index contributed by atoms with van der Waals surface area (Å²) in [5, 5.41) is 16.8. The maximum absolute atomic E-state index is 11.5. The monoisotopic (exact) mass is 364 g/mol. The SMILES string of the molecule is O=C1COc2ccc(C3=Nn4c(nnc4-c4ccncc4)SC3)cc2N1. The van der Waals surface area contributed by atoms with Gasteiger partial charge in [-0.15, -0.1) is 10.2 Å². The Hall–Kier alpha value is -3.20. The number of hydrogen-bond donors (Lipinski definition) is 1. The first-order valence-corrected chi connectivity index (χ1v) is 8.90. The van der Waals surface area contributed by atoms with Crippen LogP contribution < -0.4 is 10.1 Å². The molecule has 1 aromatic carbocycles. The summed E-state index contributed by atoms with van der Waals surface area (Å²) < 4.78 is 7.15. The van der Waals surface area contributed by atoms with Gasteiger partial charge in [0, 0.05) is 29.3 Å². The van der Waals surface area contributed by atoms with Crippen molar-refractivity contribution in [1.29, 1.82) is 0 Å². The Bertz CT molecular complexity index is 1050. The van der Waals surface area contributed by atoms with Crippen LogP contribution in [0, 0.1) is 0 Å². The van der Waals surface area contributed by atoms with Crippen LogP contribution in [0.25, 0.3) is 11.4 Å². The maximum Gasteiger partial charge on any atom is 0.262 e. The van der Waals surface area contributed by atoms with E-state index in [9.17, 15) is 4.79 Å². The van der Waals surface area contributed by atoms with Crippen molar-refractivity contribution in [3.8, 4) is 17.1 Å². The number of pyridine rings is 1. The van der Waals surface area contributed by atoms with Crippen LogP contribution in [0.3, 0.4) is 0 Å². The molecule has 2 aliphatic rings. The lowest BCUT2D eigenvalue weighted by atomic mass is 10.1. The van der Waals surface area contributed by atoms with Crippen molar-refractivity contribution in [3.63, 3.8) is 0 Å². The molecule has 0 aliphatic carbocycles. The van der Waals surface area contributed by atoms with E-state index in [-0.39, 0.29) is 12.5 Å². The Balaban J connectivity index is 1.56. The number of anilines is 1. The third-order valence-corrected chi connectivity index (χ3v) is 4.99. The molecule has 2 aliphatic heterocycles.